The molecule has 0 spiro atoms. The molecule has 0 aliphatic carbocycles. The van der Waals surface area contributed by atoms with E-state index in [4.69, 9.17) is 0 Å². The smallest absolute Gasteiger partial charge is 0.266 e. The summed E-state index contributed by atoms with van der Waals surface area (Å²) in [5, 5.41) is 1.13. The second-order valence-electron chi connectivity index (χ2n) is 3.61. The van der Waals surface area contributed by atoms with E-state index in [-0.39, 0.29) is 5.69 Å². The van der Waals surface area contributed by atoms with Gasteiger partial charge < -0.3 is 0 Å². The molecule has 0 saturated heterocycles. The summed E-state index contributed by atoms with van der Waals surface area (Å²) in [6.45, 7) is 2.54. The highest BCUT2D eigenvalue weighted by atomic mass is 16.2. The minimum Gasteiger partial charge on any atom is -0.266 e. The van der Waals surface area contributed by atoms with E-state index in [1.807, 2.05) is 0 Å². The molecular weight excluding hydrogens is 218 g/mol. The molecule has 2 amide bonds. The molecule has 0 fully saturated rings. The largest absolute Gasteiger partial charge is 0.332 e. The average Bonchev–Trinajstić information content (AvgIpc) is 2.38. The van der Waals surface area contributed by atoms with Gasteiger partial charge in [-0.1, -0.05) is 25.8 Å². The van der Waals surface area contributed by atoms with Gasteiger partial charge in [0.15, 0.2) is 0 Å². The Hall–Kier alpha value is -1.91. The number of nitrogens with one attached hydrogen (secondary N) is 1. The molecule has 1 N–H and O–H groups in total. The number of aromatic nitrogens is 1. The number of carbonyl (C=O) groups is 1. The van der Waals surface area contributed by atoms with Crippen LogP contribution in [0.1, 0.15) is 36.7 Å². The maximum atomic E-state index is 11.7. The van der Waals surface area contributed by atoms with Crippen LogP contribution in [0.25, 0.3) is 0 Å². The Morgan fingerprint density at radius 2 is 2.29 bits per heavy atom. The first kappa shape index (κ1) is 13.2. The van der Waals surface area contributed by atoms with Crippen molar-refractivity contribution in [2.75, 3.05) is 6.54 Å². The number of hydrazine groups is 1. The minimum atomic E-state index is -0.398. The average molecular weight is 234 g/mol. The molecule has 0 aromatic carbocycles. The highest BCUT2D eigenvalue weighted by Gasteiger charge is 2.10. The molecule has 0 bridgehead atoms. The fraction of sp³-hybridized carbons (Fsp3) is 0.417. The van der Waals surface area contributed by atoms with Gasteiger partial charge in [0.05, 0.1) is 0 Å². The molecule has 1 aromatic heterocycles. The van der Waals surface area contributed by atoms with Gasteiger partial charge in [-0.05, 0) is 18.6 Å². The van der Waals surface area contributed by atoms with Crippen molar-refractivity contribution < 1.29 is 9.59 Å². The van der Waals surface area contributed by atoms with E-state index in [0.717, 1.165) is 24.3 Å². The highest BCUT2D eigenvalue weighted by molar-refractivity contribution is 5.92. The van der Waals surface area contributed by atoms with Gasteiger partial charge in [0.2, 0.25) is 0 Å². The van der Waals surface area contributed by atoms with Crippen LogP contribution in [0.2, 0.25) is 0 Å². The quantitative estimate of drug-likeness (QED) is 0.439. The fourth-order valence-electron chi connectivity index (χ4n) is 1.32. The third-order valence-electron chi connectivity index (χ3n) is 2.23. The van der Waals surface area contributed by atoms with Gasteiger partial charge >= 0.3 is 6.41 Å². The van der Waals surface area contributed by atoms with E-state index in [2.05, 4.69) is 17.3 Å². The summed E-state index contributed by atoms with van der Waals surface area (Å²) in [6.07, 6.45) is 6.12. The summed E-state index contributed by atoms with van der Waals surface area (Å²) in [5.74, 6) is -0.398. The Bertz CT molecular complexity index is 354. The lowest BCUT2D eigenvalue weighted by Gasteiger charge is -2.16. The Morgan fingerprint density at radius 1 is 1.47 bits per heavy atom. The number of unbranched alkanes of at least 4 members (excludes halogenated alkanes) is 2. The number of amides is 2. The summed E-state index contributed by atoms with van der Waals surface area (Å²) in [7, 11) is 0. The van der Waals surface area contributed by atoms with Crippen LogP contribution in [-0.2, 0) is 4.79 Å². The third kappa shape index (κ3) is 4.63. The molecule has 1 heterocycles. The van der Waals surface area contributed by atoms with Crippen LogP contribution in [0.3, 0.4) is 0 Å². The minimum absolute atomic E-state index is 0.281. The molecular formula is C12H16N3O2. The lowest BCUT2D eigenvalue weighted by molar-refractivity contribution is 0.0860. The van der Waals surface area contributed by atoms with Crippen molar-refractivity contribution in [3.63, 3.8) is 0 Å². The predicted molar refractivity (Wildman–Crippen MR) is 63.6 cm³/mol. The molecule has 0 aliphatic rings. The molecule has 0 unspecified atom stereocenters. The first-order chi connectivity index (χ1) is 8.27. The lowest BCUT2D eigenvalue weighted by Crippen LogP contribution is -2.42. The molecule has 1 aromatic rings. The number of pyridine rings is 1. The molecule has 0 saturated carbocycles. The van der Waals surface area contributed by atoms with Crippen LogP contribution in [0.5, 0.6) is 0 Å². The second-order valence-corrected chi connectivity index (χ2v) is 3.61. The molecule has 0 aliphatic heterocycles. The van der Waals surface area contributed by atoms with Gasteiger partial charge in [-0.25, -0.2) is 5.01 Å². The van der Waals surface area contributed by atoms with Crippen molar-refractivity contribution in [1.29, 1.82) is 0 Å². The molecule has 5 heteroatoms. The summed E-state index contributed by atoms with van der Waals surface area (Å²) in [6, 6.07) is 5.03. The van der Waals surface area contributed by atoms with Crippen molar-refractivity contribution in [3.8, 4) is 0 Å². The fourth-order valence-corrected chi connectivity index (χ4v) is 1.32. The molecule has 1 radical (unpaired) electrons. The van der Waals surface area contributed by atoms with Crippen molar-refractivity contribution in [1.82, 2.24) is 15.4 Å². The summed E-state index contributed by atoms with van der Waals surface area (Å²) >= 11 is 0. The number of hydrogen-bond donors (Lipinski definition) is 1. The molecule has 0 atom stereocenters. The third-order valence-corrected chi connectivity index (χ3v) is 2.23. The zero-order valence-corrected chi connectivity index (χ0v) is 9.85. The van der Waals surface area contributed by atoms with Gasteiger partial charge in [-0.15, -0.1) is 0 Å². The van der Waals surface area contributed by atoms with Gasteiger partial charge in [0, 0.05) is 12.7 Å². The van der Waals surface area contributed by atoms with Crippen LogP contribution >= 0.6 is 0 Å². The summed E-state index contributed by atoms with van der Waals surface area (Å²) < 4.78 is 0. The maximum absolute atomic E-state index is 11.7. The van der Waals surface area contributed by atoms with E-state index >= 15 is 0 Å². The van der Waals surface area contributed by atoms with E-state index < -0.39 is 5.91 Å². The van der Waals surface area contributed by atoms with Crippen molar-refractivity contribution in [2.45, 2.75) is 26.2 Å². The van der Waals surface area contributed by atoms with Gasteiger partial charge in [-0.2, -0.15) is 0 Å². The van der Waals surface area contributed by atoms with Crippen LogP contribution in [0.4, 0.5) is 0 Å². The van der Waals surface area contributed by atoms with Gasteiger partial charge in [-0.3, -0.25) is 20.0 Å². The van der Waals surface area contributed by atoms with Crippen molar-refractivity contribution in [3.05, 3.63) is 30.1 Å². The molecule has 17 heavy (non-hydrogen) atoms. The number of hydrogen-bond acceptors (Lipinski definition) is 3. The Balaban J connectivity index is 2.45. The van der Waals surface area contributed by atoms with E-state index in [9.17, 15) is 9.59 Å². The first-order valence-corrected chi connectivity index (χ1v) is 5.65. The SMILES string of the molecule is CCCCCN([C]=O)NC(=O)c1ccccn1. The summed E-state index contributed by atoms with van der Waals surface area (Å²) in [4.78, 5) is 26.2. The van der Waals surface area contributed by atoms with Crippen LogP contribution in [0, 0.1) is 0 Å². The molecule has 91 valence electrons. The number of nitrogens with zero attached hydrogens (tertiary/aromatic N) is 2. The van der Waals surface area contributed by atoms with Crippen LogP contribution in [-0.4, -0.2) is 28.9 Å². The standard InChI is InChI=1S/C12H16N3O2/c1-2-3-6-9-15(10-16)14-12(17)11-7-4-5-8-13-11/h4-5,7-8H,2-3,6,9H2,1H3,(H,14,17). The lowest BCUT2D eigenvalue weighted by atomic mass is 10.2. The Morgan fingerprint density at radius 3 is 2.88 bits per heavy atom. The zero-order valence-electron chi connectivity index (χ0n) is 9.85. The maximum Gasteiger partial charge on any atom is 0.332 e. The normalized spacial score (nSPS) is 9.71. The second kappa shape index (κ2) is 7.38. The van der Waals surface area contributed by atoms with Crippen LogP contribution in [0.15, 0.2) is 24.4 Å². The van der Waals surface area contributed by atoms with Gasteiger partial charge in [0.1, 0.15) is 5.69 Å². The van der Waals surface area contributed by atoms with Crippen LogP contribution < -0.4 is 5.43 Å². The summed E-state index contributed by atoms with van der Waals surface area (Å²) in [5.41, 5.74) is 2.73. The van der Waals surface area contributed by atoms with Crippen molar-refractivity contribution >= 4 is 12.3 Å². The molecule has 5 nitrogen and oxygen atoms in total. The highest BCUT2D eigenvalue weighted by Crippen LogP contribution is 1.97. The predicted octanol–water partition coefficient (Wildman–Crippen LogP) is 1.29. The monoisotopic (exact) mass is 234 g/mol. The van der Waals surface area contributed by atoms with E-state index in [1.165, 1.54) is 6.20 Å². The number of carbonyl (C=O) groups excluding carboxylic acids is 2. The topological polar surface area (TPSA) is 62.3 Å². The van der Waals surface area contributed by atoms with E-state index in [1.54, 1.807) is 24.6 Å². The number of rotatable bonds is 7. The Labute approximate surface area is 101 Å². The molecule has 1 rings (SSSR count). The first-order valence-electron chi connectivity index (χ1n) is 5.65. The van der Waals surface area contributed by atoms with E-state index in [0.29, 0.717) is 6.54 Å². The zero-order chi connectivity index (χ0) is 12.5. The Kier molecular flexibility index (Phi) is 5.71. The van der Waals surface area contributed by atoms with Crippen molar-refractivity contribution in [2.24, 2.45) is 0 Å². The van der Waals surface area contributed by atoms with Gasteiger partial charge in [0.25, 0.3) is 5.91 Å².